The van der Waals surface area contributed by atoms with Crippen LogP contribution in [0.4, 0.5) is 11.4 Å². The Morgan fingerprint density at radius 2 is 1.61 bits per heavy atom. The lowest BCUT2D eigenvalue weighted by Crippen LogP contribution is -2.52. The molecule has 0 unspecified atom stereocenters. The van der Waals surface area contributed by atoms with Crippen molar-refractivity contribution >= 4 is 23.2 Å². The second-order valence-corrected chi connectivity index (χ2v) is 7.32. The van der Waals surface area contributed by atoms with Gasteiger partial charge in [-0.3, -0.25) is 14.5 Å². The van der Waals surface area contributed by atoms with Crippen molar-refractivity contribution < 1.29 is 14.3 Å². The maximum atomic E-state index is 13.0. The molecule has 4 rings (SSSR count). The number of aryl methyl sites for hydroxylation is 1. The fourth-order valence-corrected chi connectivity index (χ4v) is 4.03. The van der Waals surface area contributed by atoms with Gasteiger partial charge in [-0.25, -0.2) is 4.90 Å². The van der Waals surface area contributed by atoms with E-state index < -0.39 is 0 Å². The van der Waals surface area contributed by atoms with Crippen LogP contribution in [0.2, 0.25) is 0 Å². The zero-order valence-corrected chi connectivity index (χ0v) is 16.3. The zero-order chi connectivity index (χ0) is 19.7. The Bertz CT molecular complexity index is 873. The van der Waals surface area contributed by atoms with Crippen molar-refractivity contribution in [3.8, 4) is 5.75 Å². The highest BCUT2D eigenvalue weighted by molar-refractivity contribution is 6.22. The Balaban J connectivity index is 1.44. The van der Waals surface area contributed by atoms with Gasteiger partial charge < -0.3 is 9.64 Å². The van der Waals surface area contributed by atoms with Crippen LogP contribution in [0.25, 0.3) is 0 Å². The topological polar surface area (TPSA) is 53.1 Å². The van der Waals surface area contributed by atoms with Crippen molar-refractivity contribution in [1.29, 1.82) is 0 Å². The van der Waals surface area contributed by atoms with Gasteiger partial charge in [0.15, 0.2) is 0 Å². The van der Waals surface area contributed by atoms with Crippen LogP contribution in [0.15, 0.2) is 48.5 Å². The van der Waals surface area contributed by atoms with Gasteiger partial charge in [-0.2, -0.15) is 0 Å². The predicted molar refractivity (Wildman–Crippen MR) is 109 cm³/mol. The van der Waals surface area contributed by atoms with Gasteiger partial charge in [0, 0.05) is 26.2 Å². The Labute approximate surface area is 165 Å². The highest BCUT2D eigenvalue weighted by Gasteiger charge is 2.43. The second kappa shape index (κ2) is 7.64. The molecule has 28 heavy (non-hydrogen) atoms. The lowest BCUT2D eigenvalue weighted by Gasteiger charge is -2.38. The third-order valence-electron chi connectivity index (χ3n) is 5.60. The summed E-state index contributed by atoms with van der Waals surface area (Å²) in [7, 11) is 1.68. The molecule has 0 aromatic heterocycles. The predicted octanol–water partition coefficient (Wildman–Crippen LogP) is 2.46. The summed E-state index contributed by atoms with van der Waals surface area (Å²) < 4.78 is 5.47. The lowest BCUT2D eigenvalue weighted by molar-refractivity contribution is -0.123. The van der Waals surface area contributed by atoms with E-state index in [0.717, 1.165) is 43.2 Å². The number of carbonyl (C=O) groups is 2. The molecule has 146 valence electrons. The average molecular weight is 379 g/mol. The smallest absolute Gasteiger partial charge is 0.251 e. The third-order valence-corrected chi connectivity index (χ3v) is 5.60. The molecule has 0 spiro atoms. The zero-order valence-electron chi connectivity index (χ0n) is 16.3. The summed E-state index contributed by atoms with van der Waals surface area (Å²) in [4.78, 5) is 31.3. The fraction of sp³-hybridized carbons (Fsp3) is 0.364. The van der Waals surface area contributed by atoms with E-state index in [9.17, 15) is 9.59 Å². The van der Waals surface area contributed by atoms with Gasteiger partial charge in [-0.15, -0.1) is 0 Å². The van der Waals surface area contributed by atoms with Crippen LogP contribution in [0.1, 0.15) is 12.0 Å². The molecular formula is C22H25N3O3. The van der Waals surface area contributed by atoms with Gasteiger partial charge in [-0.05, 0) is 31.2 Å². The quantitative estimate of drug-likeness (QED) is 0.764. The summed E-state index contributed by atoms with van der Waals surface area (Å²) in [5.74, 6) is 0.624. The van der Waals surface area contributed by atoms with Crippen LogP contribution in [0, 0.1) is 6.92 Å². The Morgan fingerprint density at radius 1 is 0.929 bits per heavy atom. The van der Waals surface area contributed by atoms with Crippen LogP contribution < -0.4 is 14.5 Å². The number of anilines is 2. The van der Waals surface area contributed by atoms with E-state index >= 15 is 0 Å². The Kier molecular flexibility index (Phi) is 5.05. The number of benzene rings is 2. The van der Waals surface area contributed by atoms with Crippen LogP contribution in [0.5, 0.6) is 5.75 Å². The number of carbonyl (C=O) groups excluding carboxylic acids is 2. The maximum absolute atomic E-state index is 13.0. The SMILES string of the molecule is COc1ccccc1N1CCN([C@@H]2CC(=O)N(c3ccc(C)cc3)C2=O)CC1. The van der Waals surface area contributed by atoms with Crippen LogP contribution in [-0.4, -0.2) is 56.0 Å². The summed E-state index contributed by atoms with van der Waals surface area (Å²) in [6, 6.07) is 15.1. The minimum Gasteiger partial charge on any atom is -0.495 e. The minimum atomic E-state index is -0.367. The van der Waals surface area contributed by atoms with Crippen LogP contribution >= 0.6 is 0 Å². The molecule has 6 heteroatoms. The van der Waals surface area contributed by atoms with Crippen molar-refractivity contribution in [3.63, 3.8) is 0 Å². The summed E-state index contributed by atoms with van der Waals surface area (Å²) in [6.07, 6.45) is 0.251. The molecule has 2 aromatic carbocycles. The molecule has 0 aliphatic carbocycles. The molecule has 2 aliphatic heterocycles. The van der Waals surface area contributed by atoms with E-state index in [1.807, 2.05) is 49.4 Å². The van der Waals surface area contributed by atoms with E-state index in [1.165, 1.54) is 4.90 Å². The van der Waals surface area contributed by atoms with E-state index in [2.05, 4.69) is 15.9 Å². The standard InChI is InChI=1S/C22H25N3O3/c1-16-7-9-17(10-8-16)25-21(26)15-19(22(25)27)24-13-11-23(12-14-24)18-5-3-4-6-20(18)28-2/h3-10,19H,11-15H2,1-2H3/t19-/m1/s1. The van der Waals surface area contributed by atoms with Crippen molar-refractivity contribution in [1.82, 2.24) is 4.90 Å². The van der Waals surface area contributed by atoms with Crippen LogP contribution in [-0.2, 0) is 9.59 Å². The summed E-state index contributed by atoms with van der Waals surface area (Å²) in [5, 5.41) is 0. The van der Waals surface area contributed by atoms with Gasteiger partial charge in [0.2, 0.25) is 5.91 Å². The van der Waals surface area contributed by atoms with E-state index in [1.54, 1.807) is 7.11 Å². The fourth-order valence-electron chi connectivity index (χ4n) is 4.03. The van der Waals surface area contributed by atoms with Crippen molar-refractivity contribution in [2.75, 3.05) is 43.1 Å². The number of amides is 2. The molecule has 2 aromatic rings. The molecule has 2 heterocycles. The number of rotatable bonds is 4. The first kappa shape index (κ1) is 18.5. The molecule has 0 N–H and O–H groups in total. The molecule has 0 saturated carbocycles. The van der Waals surface area contributed by atoms with Crippen molar-refractivity contribution in [3.05, 3.63) is 54.1 Å². The highest BCUT2D eigenvalue weighted by atomic mass is 16.5. The Hall–Kier alpha value is -2.86. The lowest BCUT2D eigenvalue weighted by atomic mass is 10.1. The first-order valence-electron chi connectivity index (χ1n) is 9.64. The molecule has 2 saturated heterocycles. The van der Waals surface area contributed by atoms with Crippen LogP contribution in [0.3, 0.4) is 0 Å². The van der Waals surface area contributed by atoms with E-state index in [-0.39, 0.29) is 24.3 Å². The number of piperazine rings is 1. The monoisotopic (exact) mass is 379 g/mol. The largest absolute Gasteiger partial charge is 0.495 e. The summed E-state index contributed by atoms with van der Waals surface area (Å²) in [5.41, 5.74) is 2.84. The second-order valence-electron chi connectivity index (χ2n) is 7.32. The molecule has 2 aliphatic rings. The van der Waals surface area contributed by atoms with Crippen molar-refractivity contribution in [2.45, 2.75) is 19.4 Å². The molecule has 0 radical (unpaired) electrons. The number of hydrogen-bond donors (Lipinski definition) is 0. The minimum absolute atomic E-state index is 0.111. The molecular weight excluding hydrogens is 354 g/mol. The normalized spacial score (nSPS) is 20.7. The van der Waals surface area contributed by atoms with Gasteiger partial charge in [0.1, 0.15) is 5.75 Å². The van der Waals surface area contributed by atoms with E-state index in [0.29, 0.717) is 5.69 Å². The van der Waals surface area contributed by atoms with Gasteiger partial charge >= 0.3 is 0 Å². The molecule has 6 nitrogen and oxygen atoms in total. The summed E-state index contributed by atoms with van der Waals surface area (Å²) >= 11 is 0. The first-order valence-corrected chi connectivity index (χ1v) is 9.64. The first-order chi connectivity index (χ1) is 13.6. The van der Waals surface area contributed by atoms with Gasteiger partial charge in [0.05, 0.1) is 30.9 Å². The summed E-state index contributed by atoms with van der Waals surface area (Å²) in [6.45, 7) is 5.06. The molecule has 0 bridgehead atoms. The van der Waals surface area contributed by atoms with Crippen molar-refractivity contribution in [2.24, 2.45) is 0 Å². The van der Waals surface area contributed by atoms with Gasteiger partial charge in [0.25, 0.3) is 5.91 Å². The number of nitrogens with zero attached hydrogens (tertiary/aromatic N) is 3. The van der Waals surface area contributed by atoms with E-state index in [4.69, 9.17) is 4.74 Å². The molecule has 2 fully saturated rings. The number of para-hydroxylation sites is 2. The third kappa shape index (κ3) is 3.36. The maximum Gasteiger partial charge on any atom is 0.251 e. The average Bonchev–Trinajstić information content (AvgIpc) is 3.03. The van der Waals surface area contributed by atoms with Gasteiger partial charge in [-0.1, -0.05) is 29.8 Å². The molecule has 2 amide bonds. The highest BCUT2D eigenvalue weighted by Crippen LogP contribution is 2.30. The number of methoxy groups -OCH3 is 1. The number of imide groups is 1. The Morgan fingerprint density at radius 3 is 2.29 bits per heavy atom. The number of hydrogen-bond acceptors (Lipinski definition) is 5. The molecule has 1 atom stereocenters. The number of ether oxygens (including phenoxy) is 1.